The standard InChI is InChI=1S/C12H11BrO2/c1-9-10(5-3-7-11(9)13)6-4-8-12(14)15-2/h3,5,7H,8H2,1-2H3. The van der Waals surface area contributed by atoms with Gasteiger partial charge in [-0.3, -0.25) is 4.79 Å². The molecule has 0 amide bonds. The van der Waals surface area contributed by atoms with Crippen molar-refractivity contribution in [3.8, 4) is 11.8 Å². The molecule has 78 valence electrons. The van der Waals surface area contributed by atoms with Crippen molar-refractivity contribution >= 4 is 21.9 Å². The maximum Gasteiger partial charge on any atom is 0.317 e. The van der Waals surface area contributed by atoms with E-state index in [1.54, 1.807) is 0 Å². The number of esters is 1. The van der Waals surface area contributed by atoms with Crippen molar-refractivity contribution in [2.45, 2.75) is 13.3 Å². The molecule has 0 aliphatic carbocycles. The Bertz CT molecular complexity index is 427. The Balaban J connectivity index is 2.80. The zero-order valence-electron chi connectivity index (χ0n) is 8.63. The lowest BCUT2D eigenvalue weighted by atomic mass is 10.1. The number of carbonyl (C=O) groups excluding carboxylic acids is 1. The van der Waals surface area contributed by atoms with Crippen LogP contribution in [-0.2, 0) is 9.53 Å². The Labute approximate surface area is 97.8 Å². The molecule has 3 heteroatoms. The van der Waals surface area contributed by atoms with Gasteiger partial charge in [-0.25, -0.2) is 0 Å². The molecular weight excluding hydrogens is 256 g/mol. The molecule has 0 aromatic heterocycles. The van der Waals surface area contributed by atoms with E-state index >= 15 is 0 Å². The van der Waals surface area contributed by atoms with Gasteiger partial charge in [0.25, 0.3) is 0 Å². The molecule has 0 radical (unpaired) electrons. The average molecular weight is 267 g/mol. The summed E-state index contributed by atoms with van der Waals surface area (Å²) in [7, 11) is 1.36. The highest BCUT2D eigenvalue weighted by atomic mass is 79.9. The van der Waals surface area contributed by atoms with Crippen molar-refractivity contribution in [3.63, 3.8) is 0 Å². The van der Waals surface area contributed by atoms with Crippen LogP contribution in [0.4, 0.5) is 0 Å². The molecule has 0 saturated carbocycles. The van der Waals surface area contributed by atoms with Gasteiger partial charge in [-0.1, -0.05) is 33.8 Å². The van der Waals surface area contributed by atoms with Gasteiger partial charge >= 0.3 is 5.97 Å². The van der Waals surface area contributed by atoms with Crippen LogP contribution in [0, 0.1) is 18.8 Å². The van der Waals surface area contributed by atoms with Crippen molar-refractivity contribution in [1.29, 1.82) is 0 Å². The van der Waals surface area contributed by atoms with Gasteiger partial charge in [0.15, 0.2) is 0 Å². The first-order valence-corrected chi connectivity index (χ1v) is 5.25. The van der Waals surface area contributed by atoms with Gasteiger partial charge in [0.05, 0.1) is 7.11 Å². The van der Waals surface area contributed by atoms with Crippen molar-refractivity contribution in [2.75, 3.05) is 7.11 Å². The average Bonchev–Trinajstić information content (AvgIpc) is 2.24. The van der Waals surface area contributed by atoms with E-state index in [1.807, 2.05) is 25.1 Å². The first-order chi connectivity index (χ1) is 7.15. The zero-order chi connectivity index (χ0) is 11.3. The molecular formula is C12H11BrO2. The van der Waals surface area contributed by atoms with E-state index in [0.717, 1.165) is 15.6 Å². The molecule has 0 aliphatic heterocycles. The van der Waals surface area contributed by atoms with E-state index in [4.69, 9.17) is 0 Å². The Morgan fingerprint density at radius 3 is 2.93 bits per heavy atom. The number of ether oxygens (including phenoxy) is 1. The third-order valence-corrected chi connectivity index (χ3v) is 2.81. The maximum absolute atomic E-state index is 10.8. The topological polar surface area (TPSA) is 26.3 Å². The molecule has 15 heavy (non-hydrogen) atoms. The van der Waals surface area contributed by atoms with Gasteiger partial charge in [0.2, 0.25) is 0 Å². The molecule has 0 heterocycles. The molecule has 1 rings (SSSR count). The van der Waals surface area contributed by atoms with Crippen LogP contribution in [0.3, 0.4) is 0 Å². The normalized spacial score (nSPS) is 9.00. The van der Waals surface area contributed by atoms with E-state index in [2.05, 4.69) is 32.5 Å². The predicted molar refractivity (Wildman–Crippen MR) is 62.4 cm³/mol. The summed E-state index contributed by atoms with van der Waals surface area (Å²) in [5.41, 5.74) is 2.00. The van der Waals surface area contributed by atoms with E-state index in [9.17, 15) is 4.79 Å². The van der Waals surface area contributed by atoms with E-state index in [1.165, 1.54) is 7.11 Å². The predicted octanol–water partition coefficient (Wildman–Crippen LogP) is 2.67. The quantitative estimate of drug-likeness (QED) is 0.577. The lowest BCUT2D eigenvalue weighted by Gasteiger charge is -1.99. The molecule has 1 aromatic carbocycles. The molecule has 0 bridgehead atoms. The molecule has 1 aromatic rings. The Morgan fingerprint density at radius 2 is 2.27 bits per heavy atom. The summed E-state index contributed by atoms with van der Waals surface area (Å²) in [4.78, 5) is 10.8. The van der Waals surface area contributed by atoms with Crippen molar-refractivity contribution < 1.29 is 9.53 Å². The third kappa shape index (κ3) is 3.41. The largest absolute Gasteiger partial charge is 0.468 e. The SMILES string of the molecule is COC(=O)CC#Cc1cccc(Br)c1C. The van der Waals surface area contributed by atoms with Gasteiger partial charge in [-0.15, -0.1) is 0 Å². The summed E-state index contributed by atoms with van der Waals surface area (Å²) in [5, 5.41) is 0. The van der Waals surface area contributed by atoms with Crippen LogP contribution in [0.5, 0.6) is 0 Å². The fourth-order valence-corrected chi connectivity index (χ4v) is 1.39. The first-order valence-electron chi connectivity index (χ1n) is 4.46. The van der Waals surface area contributed by atoms with E-state index in [-0.39, 0.29) is 12.4 Å². The van der Waals surface area contributed by atoms with Crippen molar-refractivity contribution in [1.82, 2.24) is 0 Å². The van der Waals surface area contributed by atoms with Crippen LogP contribution in [0.25, 0.3) is 0 Å². The minimum atomic E-state index is -0.310. The summed E-state index contributed by atoms with van der Waals surface area (Å²) in [6.07, 6.45) is 0.127. The second kappa shape index (κ2) is 5.57. The molecule has 0 fully saturated rings. The molecule has 2 nitrogen and oxygen atoms in total. The number of rotatable bonds is 1. The van der Waals surface area contributed by atoms with Crippen LogP contribution in [0.15, 0.2) is 22.7 Å². The Kier molecular flexibility index (Phi) is 4.38. The summed E-state index contributed by atoms with van der Waals surface area (Å²) in [5.74, 6) is 5.40. The van der Waals surface area contributed by atoms with Gasteiger partial charge < -0.3 is 4.74 Å². The summed E-state index contributed by atoms with van der Waals surface area (Å²) in [6, 6.07) is 5.80. The highest BCUT2D eigenvalue weighted by Crippen LogP contribution is 2.18. The summed E-state index contributed by atoms with van der Waals surface area (Å²) in [6.45, 7) is 1.98. The minimum Gasteiger partial charge on any atom is -0.468 e. The Morgan fingerprint density at radius 1 is 1.53 bits per heavy atom. The van der Waals surface area contributed by atoms with Gasteiger partial charge in [0.1, 0.15) is 6.42 Å². The highest BCUT2D eigenvalue weighted by Gasteiger charge is 1.98. The number of hydrogen-bond acceptors (Lipinski definition) is 2. The second-order valence-electron chi connectivity index (χ2n) is 2.97. The maximum atomic E-state index is 10.8. The smallest absolute Gasteiger partial charge is 0.317 e. The number of benzene rings is 1. The van der Waals surface area contributed by atoms with Crippen LogP contribution < -0.4 is 0 Å². The minimum absolute atomic E-state index is 0.127. The van der Waals surface area contributed by atoms with Crippen LogP contribution in [0.1, 0.15) is 17.5 Å². The van der Waals surface area contributed by atoms with Gasteiger partial charge in [-0.2, -0.15) is 0 Å². The first kappa shape index (κ1) is 11.8. The van der Waals surface area contributed by atoms with Gasteiger partial charge in [0, 0.05) is 10.0 Å². The van der Waals surface area contributed by atoms with Gasteiger partial charge in [-0.05, 0) is 24.6 Å². The fraction of sp³-hybridized carbons (Fsp3) is 0.250. The van der Waals surface area contributed by atoms with E-state index < -0.39 is 0 Å². The fourth-order valence-electron chi connectivity index (χ4n) is 1.03. The summed E-state index contributed by atoms with van der Waals surface area (Å²) < 4.78 is 5.51. The molecule has 0 N–H and O–H groups in total. The second-order valence-corrected chi connectivity index (χ2v) is 3.82. The summed E-state index contributed by atoms with van der Waals surface area (Å²) >= 11 is 3.42. The van der Waals surface area contributed by atoms with Crippen molar-refractivity contribution in [3.05, 3.63) is 33.8 Å². The van der Waals surface area contributed by atoms with Crippen LogP contribution >= 0.6 is 15.9 Å². The molecule has 0 spiro atoms. The van der Waals surface area contributed by atoms with Crippen molar-refractivity contribution in [2.24, 2.45) is 0 Å². The number of hydrogen-bond donors (Lipinski definition) is 0. The molecule has 0 atom stereocenters. The van der Waals surface area contributed by atoms with Crippen LogP contribution in [-0.4, -0.2) is 13.1 Å². The molecule has 0 unspecified atom stereocenters. The highest BCUT2D eigenvalue weighted by molar-refractivity contribution is 9.10. The zero-order valence-corrected chi connectivity index (χ0v) is 10.2. The lowest BCUT2D eigenvalue weighted by Crippen LogP contribution is -1.97. The van der Waals surface area contributed by atoms with Crippen LogP contribution in [0.2, 0.25) is 0 Å². The Hall–Kier alpha value is -1.27. The monoisotopic (exact) mass is 266 g/mol. The molecule has 0 saturated heterocycles. The van der Waals surface area contributed by atoms with E-state index in [0.29, 0.717) is 0 Å². The number of methoxy groups -OCH3 is 1. The number of carbonyl (C=O) groups is 1. The third-order valence-electron chi connectivity index (χ3n) is 1.95. The number of halogens is 1. The lowest BCUT2D eigenvalue weighted by molar-refractivity contribution is -0.139. The molecule has 0 aliphatic rings.